The Bertz CT molecular complexity index is 344. The number of benzene rings is 1. The zero-order valence-electron chi connectivity index (χ0n) is 10.2. The van der Waals surface area contributed by atoms with E-state index < -0.39 is 0 Å². The van der Waals surface area contributed by atoms with Crippen molar-refractivity contribution < 1.29 is 4.74 Å². The second-order valence-corrected chi connectivity index (χ2v) is 4.60. The van der Waals surface area contributed by atoms with E-state index in [1.165, 1.54) is 6.42 Å². The lowest BCUT2D eigenvalue weighted by Crippen LogP contribution is -2.24. The summed E-state index contributed by atoms with van der Waals surface area (Å²) in [4.78, 5) is 2.39. The van der Waals surface area contributed by atoms with E-state index in [2.05, 4.69) is 30.3 Å². The molecule has 1 aliphatic rings. The molecule has 16 heavy (non-hydrogen) atoms. The molecule has 0 amide bonds. The highest BCUT2D eigenvalue weighted by Crippen LogP contribution is 2.22. The molecule has 88 valence electrons. The summed E-state index contributed by atoms with van der Waals surface area (Å²) in [5.74, 6) is 0.907. The molecule has 1 aliphatic heterocycles. The van der Waals surface area contributed by atoms with Crippen LogP contribution in [0.1, 0.15) is 13.3 Å². The molecule has 2 rings (SSSR count). The number of methoxy groups -OCH3 is 1. The fourth-order valence-corrected chi connectivity index (χ4v) is 2.25. The molecule has 0 spiro atoms. The summed E-state index contributed by atoms with van der Waals surface area (Å²) >= 11 is 0. The van der Waals surface area contributed by atoms with Crippen molar-refractivity contribution in [2.24, 2.45) is 0 Å². The van der Waals surface area contributed by atoms with Crippen molar-refractivity contribution in [2.45, 2.75) is 25.4 Å². The maximum atomic E-state index is 5.21. The van der Waals surface area contributed by atoms with Crippen LogP contribution >= 0.6 is 0 Å². The summed E-state index contributed by atoms with van der Waals surface area (Å²) in [5.41, 5.74) is 1.15. The quantitative estimate of drug-likeness (QED) is 0.845. The average Bonchev–Trinajstić information content (AvgIpc) is 2.58. The van der Waals surface area contributed by atoms with Gasteiger partial charge in [-0.15, -0.1) is 0 Å². The van der Waals surface area contributed by atoms with Crippen LogP contribution in [0.5, 0.6) is 5.75 Å². The summed E-state index contributed by atoms with van der Waals surface area (Å²) in [6, 6.07) is 9.34. The molecular weight excluding hydrogens is 200 g/mol. The van der Waals surface area contributed by atoms with E-state index in [1.807, 2.05) is 18.2 Å². The van der Waals surface area contributed by atoms with Crippen molar-refractivity contribution in [3.05, 3.63) is 24.3 Å². The van der Waals surface area contributed by atoms with E-state index in [0.29, 0.717) is 12.1 Å². The third-order valence-electron chi connectivity index (χ3n) is 3.33. The Morgan fingerprint density at radius 1 is 1.44 bits per heavy atom. The highest BCUT2D eigenvalue weighted by atomic mass is 16.5. The van der Waals surface area contributed by atoms with Gasteiger partial charge < -0.3 is 15.0 Å². The van der Waals surface area contributed by atoms with Crippen molar-refractivity contribution >= 4 is 5.69 Å². The molecule has 3 heteroatoms. The zero-order valence-corrected chi connectivity index (χ0v) is 10.2. The first-order chi connectivity index (χ1) is 7.69. The molecule has 1 N–H and O–H groups in total. The second-order valence-electron chi connectivity index (χ2n) is 4.60. The predicted octanol–water partition coefficient (Wildman–Crippen LogP) is 2.20. The van der Waals surface area contributed by atoms with Crippen LogP contribution in [0.15, 0.2) is 24.3 Å². The Kier molecular flexibility index (Phi) is 3.34. The van der Waals surface area contributed by atoms with Crippen LogP contribution in [0, 0.1) is 0 Å². The Labute approximate surface area is 97.4 Å². The molecule has 1 aromatic rings. The summed E-state index contributed by atoms with van der Waals surface area (Å²) in [6.45, 7) is 3.38. The van der Waals surface area contributed by atoms with Gasteiger partial charge in [-0.3, -0.25) is 0 Å². The fraction of sp³-hybridized carbons (Fsp3) is 0.538. The van der Waals surface area contributed by atoms with Crippen LogP contribution < -0.4 is 10.1 Å². The molecule has 1 aromatic carbocycles. The number of nitrogens with one attached hydrogen (secondary N) is 1. The molecule has 0 radical (unpaired) electrons. The van der Waals surface area contributed by atoms with Gasteiger partial charge in [-0.05, 0) is 32.5 Å². The van der Waals surface area contributed by atoms with Crippen LogP contribution in [0.2, 0.25) is 0 Å². The number of nitrogens with zero attached hydrogens (tertiary/aromatic N) is 1. The van der Waals surface area contributed by atoms with Gasteiger partial charge in [-0.2, -0.15) is 0 Å². The monoisotopic (exact) mass is 220 g/mol. The van der Waals surface area contributed by atoms with E-state index >= 15 is 0 Å². The molecular formula is C13H20N2O. The zero-order chi connectivity index (χ0) is 11.5. The minimum Gasteiger partial charge on any atom is -0.497 e. The lowest BCUT2D eigenvalue weighted by Gasteiger charge is -2.14. The van der Waals surface area contributed by atoms with Crippen molar-refractivity contribution in [3.63, 3.8) is 0 Å². The van der Waals surface area contributed by atoms with Crippen LogP contribution in [0.4, 0.5) is 5.69 Å². The maximum Gasteiger partial charge on any atom is 0.120 e. The first-order valence-corrected chi connectivity index (χ1v) is 5.80. The van der Waals surface area contributed by atoms with Crippen LogP contribution in [0.3, 0.4) is 0 Å². The van der Waals surface area contributed by atoms with Gasteiger partial charge in [-0.1, -0.05) is 6.07 Å². The number of anilines is 1. The summed E-state index contributed by atoms with van der Waals surface area (Å²) in [5, 5.41) is 3.55. The Hall–Kier alpha value is -1.22. The van der Waals surface area contributed by atoms with Gasteiger partial charge in [0.15, 0.2) is 0 Å². The van der Waals surface area contributed by atoms with Crippen molar-refractivity contribution in [3.8, 4) is 5.75 Å². The van der Waals surface area contributed by atoms with E-state index in [1.54, 1.807) is 7.11 Å². The largest absolute Gasteiger partial charge is 0.497 e. The molecule has 3 nitrogen and oxygen atoms in total. The molecule has 0 bridgehead atoms. The third-order valence-corrected chi connectivity index (χ3v) is 3.33. The average molecular weight is 220 g/mol. The number of rotatable bonds is 3. The molecule has 0 aromatic heterocycles. The number of hydrogen-bond donors (Lipinski definition) is 1. The summed E-state index contributed by atoms with van der Waals surface area (Å²) < 4.78 is 5.21. The Balaban J connectivity index is 1.99. The minimum atomic E-state index is 0.548. The van der Waals surface area contributed by atoms with Gasteiger partial charge in [0.25, 0.3) is 0 Å². The SMILES string of the molecule is COc1cccc(NC2CC(C)N(C)C2)c1. The number of likely N-dealkylation sites (tertiary alicyclic amines) is 1. The molecule has 0 aliphatic carbocycles. The number of hydrogen-bond acceptors (Lipinski definition) is 3. The Morgan fingerprint density at radius 3 is 2.88 bits per heavy atom. The second kappa shape index (κ2) is 4.74. The van der Waals surface area contributed by atoms with Crippen molar-refractivity contribution in [2.75, 3.05) is 26.0 Å². The van der Waals surface area contributed by atoms with Gasteiger partial charge >= 0.3 is 0 Å². The predicted molar refractivity (Wildman–Crippen MR) is 67.1 cm³/mol. The molecule has 2 atom stereocenters. The highest BCUT2D eigenvalue weighted by molar-refractivity contribution is 5.49. The van der Waals surface area contributed by atoms with Gasteiger partial charge in [0.05, 0.1) is 7.11 Å². The lowest BCUT2D eigenvalue weighted by atomic mass is 10.2. The maximum absolute atomic E-state index is 5.21. The van der Waals surface area contributed by atoms with Crippen LogP contribution in [-0.2, 0) is 0 Å². The van der Waals surface area contributed by atoms with E-state index in [9.17, 15) is 0 Å². The van der Waals surface area contributed by atoms with E-state index in [4.69, 9.17) is 4.74 Å². The van der Waals surface area contributed by atoms with Gasteiger partial charge in [0, 0.05) is 30.4 Å². The fourth-order valence-electron chi connectivity index (χ4n) is 2.25. The topological polar surface area (TPSA) is 24.5 Å². The Morgan fingerprint density at radius 2 is 2.25 bits per heavy atom. The molecule has 1 saturated heterocycles. The molecule has 2 unspecified atom stereocenters. The normalized spacial score (nSPS) is 25.7. The van der Waals surface area contributed by atoms with E-state index in [-0.39, 0.29) is 0 Å². The third kappa shape index (κ3) is 2.47. The standard InChI is InChI=1S/C13H20N2O/c1-10-7-12(9-15(10)2)14-11-5-4-6-13(8-11)16-3/h4-6,8,10,12,14H,7,9H2,1-3H3. The van der Waals surface area contributed by atoms with Crippen molar-refractivity contribution in [1.82, 2.24) is 4.90 Å². The van der Waals surface area contributed by atoms with Crippen molar-refractivity contribution in [1.29, 1.82) is 0 Å². The summed E-state index contributed by atoms with van der Waals surface area (Å²) in [6.07, 6.45) is 1.20. The van der Waals surface area contributed by atoms with Gasteiger partial charge in [-0.25, -0.2) is 0 Å². The molecule has 1 heterocycles. The van der Waals surface area contributed by atoms with Gasteiger partial charge in [0.2, 0.25) is 0 Å². The summed E-state index contributed by atoms with van der Waals surface area (Å²) in [7, 11) is 3.88. The molecule has 0 saturated carbocycles. The van der Waals surface area contributed by atoms with Gasteiger partial charge in [0.1, 0.15) is 5.75 Å². The molecule has 1 fully saturated rings. The smallest absolute Gasteiger partial charge is 0.120 e. The lowest BCUT2D eigenvalue weighted by molar-refractivity contribution is 0.330. The first-order valence-electron chi connectivity index (χ1n) is 5.80. The number of likely N-dealkylation sites (N-methyl/N-ethyl adjacent to an activating group) is 1. The highest BCUT2D eigenvalue weighted by Gasteiger charge is 2.25. The van der Waals surface area contributed by atoms with E-state index in [0.717, 1.165) is 18.0 Å². The minimum absolute atomic E-state index is 0.548. The number of ether oxygens (including phenoxy) is 1. The van der Waals surface area contributed by atoms with Crippen LogP contribution in [0.25, 0.3) is 0 Å². The first kappa shape index (κ1) is 11.3. The van der Waals surface area contributed by atoms with Crippen LogP contribution in [-0.4, -0.2) is 37.7 Å².